The Morgan fingerprint density at radius 2 is 1.78 bits per heavy atom. The minimum Gasteiger partial charge on any atom is -0.344 e. The van der Waals surface area contributed by atoms with E-state index in [-0.39, 0.29) is 22.9 Å². The average Bonchev–Trinajstić information content (AvgIpc) is 3.31. The van der Waals surface area contributed by atoms with Gasteiger partial charge in [0.15, 0.2) is 0 Å². The van der Waals surface area contributed by atoms with E-state index in [0.717, 1.165) is 15.4 Å². The first kappa shape index (κ1) is 23.9. The van der Waals surface area contributed by atoms with Crippen molar-refractivity contribution in [3.05, 3.63) is 87.1 Å². The lowest BCUT2D eigenvalue weighted by molar-refractivity contribution is -0.120. The van der Waals surface area contributed by atoms with Crippen LogP contribution in [0.2, 0.25) is 5.02 Å². The molecule has 0 spiro atoms. The molecule has 10 heteroatoms. The number of hydrogen-bond acceptors (Lipinski definition) is 5. The van der Waals surface area contributed by atoms with Gasteiger partial charge in [0.05, 0.1) is 17.5 Å². The summed E-state index contributed by atoms with van der Waals surface area (Å²) in [6.45, 7) is -0.266. The third-order valence-corrected chi connectivity index (χ3v) is 7.43. The summed E-state index contributed by atoms with van der Waals surface area (Å²) in [5.41, 5.74) is 1.92. The molecule has 1 aromatic heterocycles. The Morgan fingerprint density at radius 1 is 1.06 bits per heavy atom. The second kappa shape index (κ2) is 10.3. The van der Waals surface area contributed by atoms with E-state index in [1.54, 1.807) is 12.1 Å². The Balaban J connectivity index is 1.68. The van der Waals surface area contributed by atoms with Crippen LogP contribution in [-0.4, -0.2) is 45.2 Å². The normalized spacial score (nSPS) is 12.4. The number of nitrogens with zero attached hydrogens (tertiary/aromatic N) is 1. The molecule has 0 aliphatic rings. The topological polar surface area (TPSA) is 95.6 Å². The zero-order valence-corrected chi connectivity index (χ0v) is 19.8. The fraction of sp³-hybridized carbons (Fsp3) is 0.182. The molecule has 0 saturated carbocycles. The number of amides is 2. The van der Waals surface area contributed by atoms with Crippen LogP contribution in [0.1, 0.15) is 27.5 Å². The molecule has 7 nitrogen and oxygen atoms in total. The van der Waals surface area contributed by atoms with Gasteiger partial charge >= 0.3 is 0 Å². The van der Waals surface area contributed by atoms with Gasteiger partial charge in [-0.3, -0.25) is 9.59 Å². The first-order valence-electron chi connectivity index (χ1n) is 9.56. The number of hydrogen-bond donors (Lipinski definition) is 2. The van der Waals surface area contributed by atoms with Crippen LogP contribution >= 0.6 is 22.9 Å². The van der Waals surface area contributed by atoms with Crippen LogP contribution in [0, 0.1) is 0 Å². The number of benzene rings is 2. The molecule has 2 amide bonds. The average molecular weight is 492 g/mol. The van der Waals surface area contributed by atoms with Crippen molar-refractivity contribution in [2.45, 2.75) is 10.9 Å². The highest BCUT2D eigenvalue weighted by Crippen LogP contribution is 2.25. The zero-order valence-electron chi connectivity index (χ0n) is 17.4. The van der Waals surface area contributed by atoms with Crippen molar-refractivity contribution in [3.63, 3.8) is 0 Å². The number of sulfonamides is 1. The minimum absolute atomic E-state index is 0.000128. The van der Waals surface area contributed by atoms with Gasteiger partial charge in [-0.2, -0.15) is 11.3 Å². The van der Waals surface area contributed by atoms with E-state index >= 15 is 0 Å². The number of halogens is 1. The second-order valence-electron chi connectivity index (χ2n) is 7.11. The van der Waals surface area contributed by atoms with Gasteiger partial charge in [-0.15, -0.1) is 0 Å². The van der Waals surface area contributed by atoms with Gasteiger partial charge in [0.2, 0.25) is 15.9 Å². The monoisotopic (exact) mass is 491 g/mol. The molecule has 1 heterocycles. The molecule has 3 aromatic rings. The molecule has 1 atom stereocenters. The van der Waals surface area contributed by atoms with Crippen LogP contribution in [0.3, 0.4) is 0 Å². The maximum atomic E-state index is 12.6. The lowest BCUT2D eigenvalue weighted by Crippen LogP contribution is -2.39. The zero-order chi connectivity index (χ0) is 23.3. The van der Waals surface area contributed by atoms with E-state index in [1.165, 1.54) is 49.7 Å². The SMILES string of the molecule is CN(C)S(=O)(=O)c1cccc(C(=O)NCC(=O)NC(c2ccc(Cl)cc2)c2ccsc2)c1. The standard InChI is InChI=1S/C22H22ClN3O4S2/c1-26(2)32(29,30)19-5-3-4-16(12-19)22(28)24-13-20(27)25-21(17-10-11-31-14-17)15-6-8-18(23)9-7-15/h3-12,14,21H,13H2,1-2H3,(H,24,28)(H,25,27). The maximum Gasteiger partial charge on any atom is 0.251 e. The molecule has 0 radical (unpaired) electrons. The van der Waals surface area contributed by atoms with Crippen LogP contribution < -0.4 is 10.6 Å². The third-order valence-electron chi connectivity index (χ3n) is 4.67. The van der Waals surface area contributed by atoms with E-state index < -0.39 is 22.0 Å². The lowest BCUT2D eigenvalue weighted by Gasteiger charge is -2.19. The van der Waals surface area contributed by atoms with Crippen molar-refractivity contribution in [2.24, 2.45) is 0 Å². The van der Waals surface area contributed by atoms with Gasteiger partial charge in [0.1, 0.15) is 0 Å². The van der Waals surface area contributed by atoms with Crippen LogP contribution in [0.5, 0.6) is 0 Å². The van der Waals surface area contributed by atoms with Crippen molar-refractivity contribution in [3.8, 4) is 0 Å². The van der Waals surface area contributed by atoms with E-state index in [0.29, 0.717) is 5.02 Å². The summed E-state index contributed by atoms with van der Waals surface area (Å²) in [4.78, 5) is 25.1. The van der Waals surface area contributed by atoms with Crippen LogP contribution in [0.4, 0.5) is 0 Å². The number of carbonyl (C=O) groups is 2. The summed E-state index contributed by atoms with van der Waals surface area (Å²) in [7, 11) is -0.846. The van der Waals surface area contributed by atoms with Crippen molar-refractivity contribution in [1.29, 1.82) is 0 Å². The quantitative estimate of drug-likeness (QED) is 0.505. The summed E-state index contributed by atoms with van der Waals surface area (Å²) in [6, 6.07) is 14.4. The van der Waals surface area contributed by atoms with Crippen LogP contribution in [0.15, 0.2) is 70.3 Å². The van der Waals surface area contributed by atoms with Gasteiger partial charge in [-0.05, 0) is 58.3 Å². The molecule has 0 aliphatic heterocycles. The maximum absolute atomic E-state index is 12.6. The fourth-order valence-corrected chi connectivity index (χ4v) is 4.70. The van der Waals surface area contributed by atoms with Crippen molar-refractivity contribution in [1.82, 2.24) is 14.9 Å². The highest BCUT2D eigenvalue weighted by atomic mass is 35.5. The molecule has 1 unspecified atom stereocenters. The molecule has 0 bridgehead atoms. The first-order chi connectivity index (χ1) is 15.2. The number of rotatable bonds is 8. The van der Waals surface area contributed by atoms with E-state index in [2.05, 4.69) is 10.6 Å². The summed E-state index contributed by atoms with van der Waals surface area (Å²) >= 11 is 7.49. The molecular weight excluding hydrogens is 470 g/mol. The molecule has 2 aromatic carbocycles. The van der Waals surface area contributed by atoms with E-state index in [1.807, 2.05) is 29.0 Å². The van der Waals surface area contributed by atoms with Gasteiger partial charge in [0, 0.05) is 24.7 Å². The molecular formula is C22H22ClN3O4S2. The number of carbonyl (C=O) groups excluding carboxylic acids is 2. The summed E-state index contributed by atoms with van der Waals surface area (Å²) in [5.74, 6) is -0.934. The van der Waals surface area contributed by atoms with Gasteiger partial charge in [-0.25, -0.2) is 12.7 Å². The Hall–Kier alpha value is -2.72. The minimum atomic E-state index is -3.67. The molecule has 0 aliphatic carbocycles. The van der Waals surface area contributed by atoms with E-state index in [4.69, 9.17) is 11.6 Å². The lowest BCUT2D eigenvalue weighted by atomic mass is 10.0. The molecule has 0 saturated heterocycles. The highest BCUT2D eigenvalue weighted by molar-refractivity contribution is 7.89. The molecule has 3 rings (SSSR count). The van der Waals surface area contributed by atoms with Crippen molar-refractivity contribution < 1.29 is 18.0 Å². The first-order valence-corrected chi connectivity index (χ1v) is 12.3. The summed E-state index contributed by atoms with van der Waals surface area (Å²) in [6.07, 6.45) is 0. The molecule has 168 valence electrons. The van der Waals surface area contributed by atoms with Gasteiger partial charge in [0.25, 0.3) is 5.91 Å². The highest BCUT2D eigenvalue weighted by Gasteiger charge is 2.20. The van der Waals surface area contributed by atoms with Gasteiger partial charge in [-0.1, -0.05) is 29.8 Å². The summed E-state index contributed by atoms with van der Waals surface area (Å²) in [5, 5.41) is 9.91. The van der Waals surface area contributed by atoms with E-state index in [9.17, 15) is 18.0 Å². The Labute approximate surface area is 196 Å². The largest absolute Gasteiger partial charge is 0.344 e. The Morgan fingerprint density at radius 3 is 2.41 bits per heavy atom. The molecule has 2 N–H and O–H groups in total. The third kappa shape index (κ3) is 5.74. The van der Waals surface area contributed by atoms with Crippen molar-refractivity contribution >= 4 is 44.8 Å². The smallest absolute Gasteiger partial charge is 0.251 e. The van der Waals surface area contributed by atoms with Crippen LogP contribution in [-0.2, 0) is 14.8 Å². The molecule has 32 heavy (non-hydrogen) atoms. The fourth-order valence-electron chi connectivity index (χ4n) is 2.94. The number of nitrogens with one attached hydrogen (secondary N) is 2. The summed E-state index contributed by atoms with van der Waals surface area (Å²) < 4.78 is 25.6. The number of thiophene rings is 1. The Bertz CT molecular complexity index is 1190. The van der Waals surface area contributed by atoms with Gasteiger partial charge < -0.3 is 10.6 Å². The predicted octanol–water partition coefficient (Wildman–Crippen LogP) is 3.29. The Kier molecular flexibility index (Phi) is 7.68. The van der Waals surface area contributed by atoms with Crippen molar-refractivity contribution in [2.75, 3.05) is 20.6 Å². The molecule has 0 fully saturated rings. The van der Waals surface area contributed by atoms with Crippen LogP contribution in [0.25, 0.3) is 0 Å². The second-order valence-corrected chi connectivity index (χ2v) is 10.5. The predicted molar refractivity (Wildman–Crippen MR) is 125 cm³/mol.